The van der Waals surface area contributed by atoms with E-state index in [0.29, 0.717) is 16.5 Å². The van der Waals surface area contributed by atoms with Gasteiger partial charge in [-0.3, -0.25) is 4.79 Å². The number of carbonyl (C=O) groups excluding carboxylic acids is 1. The molecular formula is C19H24ClN2O2+. The monoisotopic (exact) mass is 347 g/mol. The Morgan fingerprint density at radius 2 is 2.00 bits per heavy atom. The quantitative estimate of drug-likeness (QED) is 0.843. The van der Waals surface area contributed by atoms with E-state index in [1.807, 2.05) is 26.1 Å². The summed E-state index contributed by atoms with van der Waals surface area (Å²) in [6.45, 7) is 4.79. The SMILES string of the molecule is COc1ccc(Cl)cc1NC(=O)[C@H](C)[NH+](C)Cc1ccccc1C. The second kappa shape index (κ2) is 8.18. The van der Waals surface area contributed by atoms with Gasteiger partial charge in [-0.05, 0) is 37.6 Å². The first-order valence-electron chi connectivity index (χ1n) is 7.93. The number of methoxy groups -OCH3 is 1. The van der Waals surface area contributed by atoms with Gasteiger partial charge in [0.25, 0.3) is 5.91 Å². The molecule has 0 aliphatic carbocycles. The first-order chi connectivity index (χ1) is 11.4. The van der Waals surface area contributed by atoms with Crippen LogP contribution >= 0.6 is 11.6 Å². The lowest BCUT2D eigenvalue weighted by Gasteiger charge is -2.22. The lowest BCUT2D eigenvalue weighted by Crippen LogP contribution is -3.12. The summed E-state index contributed by atoms with van der Waals surface area (Å²) in [6.07, 6.45) is 0. The topological polar surface area (TPSA) is 42.8 Å². The maximum atomic E-state index is 12.6. The van der Waals surface area contributed by atoms with Crippen molar-refractivity contribution in [3.8, 4) is 5.75 Å². The molecule has 4 nitrogen and oxygen atoms in total. The minimum atomic E-state index is -0.215. The molecule has 2 rings (SSSR count). The number of halogens is 1. The third-order valence-electron chi connectivity index (χ3n) is 4.28. The van der Waals surface area contributed by atoms with E-state index in [1.54, 1.807) is 25.3 Å². The highest BCUT2D eigenvalue weighted by atomic mass is 35.5. The predicted octanol–water partition coefficient (Wildman–Crippen LogP) is 2.70. The number of nitrogens with one attached hydrogen (secondary N) is 2. The van der Waals surface area contributed by atoms with Crippen LogP contribution in [0.1, 0.15) is 18.1 Å². The minimum Gasteiger partial charge on any atom is -0.495 e. The van der Waals surface area contributed by atoms with Crippen LogP contribution in [0, 0.1) is 6.92 Å². The summed E-state index contributed by atoms with van der Waals surface area (Å²) in [5, 5.41) is 3.47. The van der Waals surface area contributed by atoms with Crippen molar-refractivity contribution < 1.29 is 14.4 Å². The summed E-state index contributed by atoms with van der Waals surface area (Å²) in [5.74, 6) is 0.526. The summed E-state index contributed by atoms with van der Waals surface area (Å²) in [4.78, 5) is 13.7. The molecule has 0 bridgehead atoms. The third-order valence-corrected chi connectivity index (χ3v) is 4.52. The Hall–Kier alpha value is -2.04. The molecule has 0 saturated carbocycles. The Labute approximate surface area is 148 Å². The first-order valence-corrected chi connectivity index (χ1v) is 8.31. The molecule has 2 atom stereocenters. The van der Waals surface area contributed by atoms with Gasteiger partial charge in [0.1, 0.15) is 12.3 Å². The van der Waals surface area contributed by atoms with Crippen LogP contribution in [0.15, 0.2) is 42.5 Å². The van der Waals surface area contributed by atoms with Crippen LogP contribution in [-0.4, -0.2) is 26.1 Å². The van der Waals surface area contributed by atoms with Gasteiger partial charge >= 0.3 is 0 Å². The van der Waals surface area contributed by atoms with Gasteiger partial charge < -0.3 is 15.0 Å². The lowest BCUT2D eigenvalue weighted by atomic mass is 10.1. The van der Waals surface area contributed by atoms with Crippen LogP contribution in [0.2, 0.25) is 5.02 Å². The van der Waals surface area contributed by atoms with E-state index >= 15 is 0 Å². The number of rotatable bonds is 6. The fraction of sp³-hybridized carbons (Fsp3) is 0.316. The Morgan fingerprint density at radius 3 is 2.67 bits per heavy atom. The fourth-order valence-corrected chi connectivity index (χ4v) is 2.68. The van der Waals surface area contributed by atoms with Crippen molar-refractivity contribution in [2.24, 2.45) is 0 Å². The van der Waals surface area contributed by atoms with E-state index < -0.39 is 0 Å². The maximum Gasteiger partial charge on any atom is 0.282 e. The summed E-state index contributed by atoms with van der Waals surface area (Å²) in [7, 11) is 3.59. The molecule has 0 aliphatic rings. The van der Waals surface area contributed by atoms with Gasteiger partial charge in [0.2, 0.25) is 0 Å². The summed E-state index contributed by atoms with van der Waals surface area (Å²) in [5.41, 5.74) is 3.07. The zero-order valence-corrected chi connectivity index (χ0v) is 15.3. The number of carbonyl (C=O) groups is 1. The van der Waals surface area contributed by atoms with E-state index in [9.17, 15) is 4.79 Å². The van der Waals surface area contributed by atoms with Crippen LogP contribution in [0.4, 0.5) is 5.69 Å². The van der Waals surface area contributed by atoms with Crippen LogP contribution < -0.4 is 15.0 Å². The summed E-state index contributed by atoms with van der Waals surface area (Å²) >= 11 is 6.01. The Morgan fingerprint density at radius 1 is 1.29 bits per heavy atom. The van der Waals surface area contributed by atoms with Crippen molar-refractivity contribution in [1.29, 1.82) is 0 Å². The molecular weight excluding hydrogens is 324 g/mol. The Bertz CT molecular complexity index is 718. The number of aryl methyl sites for hydroxylation is 1. The van der Waals surface area contributed by atoms with Crippen molar-refractivity contribution in [2.75, 3.05) is 19.5 Å². The molecule has 0 radical (unpaired) electrons. The number of hydrogen-bond acceptors (Lipinski definition) is 2. The number of ether oxygens (including phenoxy) is 1. The average molecular weight is 348 g/mol. The van der Waals surface area contributed by atoms with E-state index in [1.165, 1.54) is 11.1 Å². The number of quaternary nitrogens is 1. The van der Waals surface area contributed by atoms with Gasteiger partial charge in [-0.2, -0.15) is 0 Å². The highest BCUT2D eigenvalue weighted by molar-refractivity contribution is 6.31. The largest absolute Gasteiger partial charge is 0.495 e. The van der Waals surface area contributed by atoms with Crippen LogP contribution in [0.5, 0.6) is 5.75 Å². The molecule has 2 aromatic rings. The number of hydrogen-bond donors (Lipinski definition) is 2. The van der Waals surface area contributed by atoms with Crippen molar-refractivity contribution >= 4 is 23.2 Å². The average Bonchev–Trinajstić information content (AvgIpc) is 2.56. The molecule has 0 saturated heterocycles. The number of benzene rings is 2. The van der Waals surface area contributed by atoms with Crippen LogP contribution in [0.25, 0.3) is 0 Å². The van der Waals surface area contributed by atoms with Gasteiger partial charge in [-0.25, -0.2) is 0 Å². The molecule has 0 spiro atoms. The third kappa shape index (κ3) is 4.49. The zero-order chi connectivity index (χ0) is 17.7. The lowest BCUT2D eigenvalue weighted by molar-refractivity contribution is -0.907. The van der Waals surface area contributed by atoms with Crippen molar-refractivity contribution in [1.82, 2.24) is 0 Å². The van der Waals surface area contributed by atoms with Gasteiger partial charge in [0.15, 0.2) is 6.04 Å². The van der Waals surface area contributed by atoms with E-state index in [-0.39, 0.29) is 11.9 Å². The smallest absolute Gasteiger partial charge is 0.282 e. The zero-order valence-electron chi connectivity index (χ0n) is 14.5. The Balaban J connectivity index is 2.06. The molecule has 1 unspecified atom stereocenters. The number of likely N-dealkylation sites (N-methyl/N-ethyl adjacent to an activating group) is 1. The Kier molecular flexibility index (Phi) is 6.23. The first kappa shape index (κ1) is 18.3. The van der Waals surface area contributed by atoms with Gasteiger partial charge in [0, 0.05) is 10.6 Å². The van der Waals surface area contributed by atoms with Gasteiger partial charge in [-0.15, -0.1) is 0 Å². The van der Waals surface area contributed by atoms with E-state index in [2.05, 4.69) is 24.4 Å². The predicted molar refractivity (Wildman–Crippen MR) is 97.9 cm³/mol. The van der Waals surface area contributed by atoms with E-state index in [0.717, 1.165) is 11.4 Å². The molecule has 24 heavy (non-hydrogen) atoms. The molecule has 5 heteroatoms. The molecule has 1 amide bonds. The highest BCUT2D eigenvalue weighted by Gasteiger charge is 2.23. The molecule has 0 aliphatic heterocycles. The van der Waals surface area contributed by atoms with Crippen LogP contribution in [-0.2, 0) is 11.3 Å². The summed E-state index contributed by atoms with van der Waals surface area (Å²) in [6, 6.07) is 13.2. The van der Waals surface area contributed by atoms with E-state index in [4.69, 9.17) is 16.3 Å². The van der Waals surface area contributed by atoms with Crippen molar-refractivity contribution in [2.45, 2.75) is 26.4 Å². The minimum absolute atomic E-state index is 0.0679. The molecule has 0 fully saturated rings. The van der Waals surface area contributed by atoms with Gasteiger partial charge in [0.05, 0.1) is 19.8 Å². The second-order valence-corrected chi connectivity index (χ2v) is 6.44. The van der Waals surface area contributed by atoms with Crippen molar-refractivity contribution in [3.63, 3.8) is 0 Å². The molecule has 2 N–H and O–H groups in total. The van der Waals surface area contributed by atoms with Crippen LogP contribution in [0.3, 0.4) is 0 Å². The molecule has 128 valence electrons. The summed E-state index contributed by atoms with van der Waals surface area (Å²) < 4.78 is 5.27. The number of anilines is 1. The molecule has 0 aromatic heterocycles. The fourth-order valence-electron chi connectivity index (χ4n) is 2.50. The molecule has 0 heterocycles. The highest BCUT2D eigenvalue weighted by Crippen LogP contribution is 2.27. The molecule has 2 aromatic carbocycles. The maximum absolute atomic E-state index is 12.6. The second-order valence-electron chi connectivity index (χ2n) is 6.01. The van der Waals surface area contributed by atoms with Crippen molar-refractivity contribution in [3.05, 3.63) is 58.6 Å². The normalized spacial score (nSPS) is 13.2. The van der Waals surface area contributed by atoms with Gasteiger partial charge in [-0.1, -0.05) is 35.9 Å². The standard InChI is InChI=1S/C19H23ClN2O2/c1-13-7-5-6-8-15(13)12-22(3)14(2)19(23)21-17-11-16(20)9-10-18(17)24-4/h5-11,14H,12H2,1-4H3,(H,21,23)/p+1/t14-/m0/s1. The number of amides is 1.